The van der Waals surface area contributed by atoms with Crippen molar-refractivity contribution in [2.45, 2.75) is 51.3 Å². The van der Waals surface area contributed by atoms with Crippen LogP contribution < -0.4 is 5.32 Å². The van der Waals surface area contributed by atoms with E-state index >= 15 is 0 Å². The van der Waals surface area contributed by atoms with Crippen LogP contribution in [-0.4, -0.2) is 34.7 Å². The molecule has 1 fully saturated rings. The van der Waals surface area contributed by atoms with Gasteiger partial charge in [-0.1, -0.05) is 5.11 Å². The first-order valence-electron chi connectivity index (χ1n) is 6.54. The van der Waals surface area contributed by atoms with Crippen molar-refractivity contribution in [2.75, 3.05) is 0 Å². The summed E-state index contributed by atoms with van der Waals surface area (Å²) in [5.41, 5.74) is 6.93. The molecule has 0 aliphatic carbocycles. The number of nitrogens with one attached hydrogen (secondary N) is 1. The number of carbonyl (C=O) groups is 2. The van der Waals surface area contributed by atoms with Gasteiger partial charge in [-0.05, 0) is 32.7 Å². The van der Waals surface area contributed by atoms with Crippen molar-refractivity contribution in [3.8, 4) is 0 Å². The van der Waals surface area contributed by atoms with Gasteiger partial charge in [-0.2, -0.15) is 0 Å². The SMILES string of the molecule is CC(C)(C)OC(=O)/C([N+]#N)=C(\O)CC[C@H]1NC(=O)[C@@H]1N=[N+]=[N-]. The Morgan fingerprint density at radius 1 is 1.55 bits per heavy atom. The Bertz CT molecular complexity index is 592. The second kappa shape index (κ2) is 6.78. The molecule has 10 heteroatoms. The first-order valence-corrected chi connectivity index (χ1v) is 6.54. The zero-order valence-corrected chi connectivity index (χ0v) is 12.5. The monoisotopic (exact) mass is 309 g/mol. The molecule has 0 unspecified atom stereocenters. The Hall–Kier alpha value is -2.79. The van der Waals surface area contributed by atoms with Crippen molar-refractivity contribution in [2.24, 2.45) is 5.11 Å². The number of rotatable bonds is 5. The molecule has 10 nitrogen and oxygen atoms in total. The van der Waals surface area contributed by atoms with Gasteiger partial charge < -0.3 is 15.2 Å². The van der Waals surface area contributed by atoms with Crippen LogP contribution in [-0.2, 0) is 14.3 Å². The summed E-state index contributed by atoms with van der Waals surface area (Å²) in [5.74, 6) is -1.83. The number of aliphatic hydroxyl groups excluding tert-OH is 1. The summed E-state index contributed by atoms with van der Waals surface area (Å²) in [4.78, 5) is 28.2. The molecule has 1 heterocycles. The Kier molecular flexibility index (Phi) is 5.32. The molecular weight excluding hydrogens is 292 g/mol. The van der Waals surface area contributed by atoms with E-state index in [1.807, 2.05) is 0 Å². The van der Waals surface area contributed by atoms with Gasteiger partial charge in [0.1, 0.15) is 11.6 Å². The lowest BCUT2D eigenvalue weighted by Crippen LogP contribution is -2.61. The van der Waals surface area contributed by atoms with Crippen LogP contribution in [0.4, 0.5) is 0 Å². The molecule has 1 saturated heterocycles. The summed E-state index contributed by atoms with van der Waals surface area (Å²) in [5, 5.41) is 24.5. The molecular formula is C12H17N6O4+. The van der Waals surface area contributed by atoms with E-state index in [1.54, 1.807) is 20.8 Å². The predicted octanol–water partition coefficient (Wildman–Crippen LogP) is 1.91. The molecule has 0 aromatic rings. The van der Waals surface area contributed by atoms with Crippen LogP contribution in [0.2, 0.25) is 0 Å². The number of β-lactam (4-membered cyclic amide) rings is 1. The third kappa shape index (κ3) is 4.36. The summed E-state index contributed by atoms with van der Waals surface area (Å²) < 4.78 is 4.99. The van der Waals surface area contributed by atoms with E-state index < -0.39 is 41.0 Å². The molecule has 0 radical (unpaired) electrons. The zero-order valence-electron chi connectivity index (χ0n) is 12.5. The fraction of sp³-hybridized carbons (Fsp3) is 0.667. The number of hydrogen-bond donors (Lipinski definition) is 2. The second-order valence-corrected chi connectivity index (χ2v) is 5.70. The summed E-state index contributed by atoms with van der Waals surface area (Å²) in [6.45, 7) is 4.89. The maximum absolute atomic E-state index is 11.7. The third-order valence-electron chi connectivity index (χ3n) is 2.81. The Balaban J connectivity index is 2.70. The van der Waals surface area contributed by atoms with Crippen LogP contribution in [0.5, 0.6) is 0 Å². The van der Waals surface area contributed by atoms with Gasteiger partial charge in [-0.3, -0.25) is 4.79 Å². The Morgan fingerprint density at radius 3 is 2.64 bits per heavy atom. The molecule has 0 aromatic carbocycles. The fourth-order valence-electron chi connectivity index (χ4n) is 1.81. The maximum atomic E-state index is 11.7. The smallest absolute Gasteiger partial charge is 0.505 e. The van der Waals surface area contributed by atoms with E-state index in [4.69, 9.17) is 15.7 Å². The summed E-state index contributed by atoms with van der Waals surface area (Å²) >= 11 is 0. The van der Waals surface area contributed by atoms with Crippen LogP contribution >= 0.6 is 0 Å². The van der Waals surface area contributed by atoms with Gasteiger partial charge in [0.15, 0.2) is 10.7 Å². The van der Waals surface area contributed by atoms with Crippen molar-refractivity contribution in [1.82, 2.24) is 5.32 Å². The number of ether oxygens (including phenoxy) is 1. The highest BCUT2D eigenvalue weighted by atomic mass is 16.6. The van der Waals surface area contributed by atoms with Gasteiger partial charge in [-0.15, -0.1) is 0 Å². The van der Waals surface area contributed by atoms with Gasteiger partial charge in [0.25, 0.3) is 0 Å². The first-order chi connectivity index (χ1) is 10.2. The number of diazo groups is 1. The first kappa shape index (κ1) is 17.3. The van der Waals surface area contributed by atoms with E-state index in [9.17, 15) is 14.7 Å². The molecule has 0 aromatic heterocycles. The molecule has 0 bridgehead atoms. The average molecular weight is 309 g/mol. The number of allylic oxidation sites excluding steroid dienone is 1. The zero-order chi connectivity index (χ0) is 16.9. The van der Waals surface area contributed by atoms with Crippen LogP contribution in [0.3, 0.4) is 0 Å². The Labute approximate surface area is 126 Å². The Morgan fingerprint density at radius 2 is 2.18 bits per heavy atom. The summed E-state index contributed by atoms with van der Waals surface area (Å²) in [6.07, 6.45) is 0.157. The van der Waals surface area contributed by atoms with E-state index in [0.717, 1.165) is 0 Å². The number of amides is 1. The molecule has 22 heavy (non-hydrogen) atoms. The van der Waals surface area contributed by atoms with Gasteiger partial charge in [-0.25, -0.2) is 4.79 Å². The number of nitrogens with zero attached hydrogens (tertiary/aromatic N) is 5. The lowest BCUT2D eigenvalue weighted by Gasteiger charge is -2.33. The van der Waals surface area contributed by atoms with Crippen molar-refractivity contribution >= 4 is 11.9 Å². The highest BCUT2D eigenvalue weighted by Gasteiger charge is 2.39. The lowest BCUT2D eigenvalue weighted by molar-refractivity contribution is -0.149. The van der Waals surface area contributed by atoms with E-state index in [1.165, 1.54) is 0 Å². The molecule has 0 spiro atoms. The van der Waals surface area contributed by atoms with Crippen LogP contribution in [0, 0.1) is 5.39 Å². The van der Waals surface area contributed by atoms with Crippen molar-refractivity contribution in [3.63, 3.8) is 0 Å². The highest BCUT2D eigenvalue weighted by Crippen LogP contribution is 2.21. The van der Waals surface area contributed by atoms with Crippen molar-refractivity contribution < 1.29 is 19.4 Å². The topological polar surface area (TPSA) is 153 Å². The highest BCUT2D eigenvalue weighted by molar-refractivity contribution is 5.91. The predicted molar refractivity (Wildman–Crippen MR) is 74.7 cm³/mol. The van der Waals surface area contributed by atoms with E-state index in [0.29, 0.717) is 0 Å². The standard InChI is InChI=1S/C12H16N6O4/c1-12(2,3)22-11(21)9(16-13)7(19)5-4-6-8(17-18-14)10(20)15-6/h6,8H,4-5H2,1-3H3,(H-,15,19,20,21)/p+1/t6-,8-/m1/s1. The van der Waals surface area contributed by atoms with Crippen LogP contribution in [0.1, 0.15) is 33.6 Å². The molecule has 1 amide bonds. The van der Waals surface area contributed by atoms with Crippen molar-refractivity contribution in [3.05, 3.63) is 26.9 Å². The maximum Gasteiger partial charge on any atom is 0.505 e. The quantitative estimate of drug-likeness (QED) is 0.116. The summed E-state index contributed by atoms with van der Waals surface area (Å²) in [7, 11) is 0. The van der Waals surface area contributed by atoms with Crippen LogP contribution in [0.25, 0.3) is 15.4 Å². The van der Waals surface area contributed by atoms with E-state index in [2.05, 4.69) is 20.3 Å². The number of hydrogen-bond acceptors (Lipinski definition) is 6. The molecule has 1 rings (SSSR count). The van der Waals surface area contributed by atoms with Gasteiger partial charge >= 0.3 is 11.7 Å². The minimum atomic E-state index is -0.961. The minimum absolute atomic E-state index is 0.0545. The van der Waals surface area contributed by atoms with Gasteiger partial charge in [0.2, 0.25) is 11.3 Å². The van der Waals surface area contributed by atoms with Crippen molar-refractivity contribution in [1.29, 1.82) is 5.39 Å². The second-order valence-electron chi connectivity index (χ2n) is 5.70. The molecule has 1 aliphatic rings. The third-order valence-corrected chi connectivity index (χ3v) is 2.81. The lowest BCUT2D eigenvalue weighted by atomic mass is 9.94. The fourth-order valence-corrected chi connectivity index (χ4v) is 1.81. The number of aliphatic hydroxyl groups is 1. The number of azide groups is 1. The summed E-state index contributed by atoms with van der Waals surface area (Å²) in [6, 6.07) is -1.28. The van der Waals surface area contributed by atoms with E-state index in [-0.39, 0.29) is 12.8 Å². The van der Waals surface area contributed by atoms with Gasteiger partial charge in [0.05, 0.1) is 0 Å². The minimum Gasteiger partial charge on any atom is -0.505 e. The average Bonchev–Trinajstić information content (AvgIpc) is 2.39. The molecule has 2 atom stereocenters. The molecule has 2 N–H and O–H groups in total. The number of esters is 1. The largest absolute Gasteiger partial charge is 0.505 e. The molecule has 118 valence electrons. The van der Waals surface area contributed by atoms with Crippen LogP contribution in [0.15, 0.2) is 16.6 Å². The normalized spacial score (nSPS) is 21.5. The molecule has 0 saturated carbocycles. The number of carbonyl (C=O) groups excluding carboxylic acids is 2. The van der Waals surface area contributed by atoms with Gasteiger partial charge in [0, 0.05) is 17.4 Å². The molecule has 1 aliphatic heterocycles.